The number of halogens is 1. The molecule has 2 N–H and O–H groups in total. The van der Waals surface area contributed by atoms with Crippen molar-refractivity contribution in [3.05, 3.63) is 29.1 Å². The Balaban J connectivity index is 3.31. The maximum atomic E-state index is 13.7. The van der Waals surface area contributed by atoms with Gasteiger partial charge in [-0.05, 0) is 57.4 Å². The van der Waals surface area contributed by atoms with Crippen LogP contribution in [0, 0.1) is 12.7 Å². The summed E-state index contributed by atoms with van der Waals surface area (Å²) in [5.74, 6) is -0.175. The topological polar surface area (TPSA) is 29.3 Å². The van der Waals surface area contributed by atoms with E-state index in [1.165, 1.54) is 0 Å². The number of nitrogens with two attached hydrogens (primary N) is 1. The summed E-state index contributed by atoms with van der Waals surface area (Å²) in [4.78, 5) is 2.30. The first-order valence-corrected chi connectivity index (χ1v) is 6.74. The zero-order valence-corrected chi connectivity index (χ0v) is 12.1. The molecule has 1 rings (SSSR count). The smallest absolute Gasteiger partial charge is 0.126 e. The van der Waals surface area contributed by atoms with Crippen LogP contribution in [0.1, 0.15) is 51.3 Å². The predicted octanol–water partition coefficient (Wildman–Crippen LogP) is 3.78. The van der Waals surface area contributed by atoms with E-state index in [0.717, 1.165) is 24.2 Å². The Kier molecular flexibility index (Phi) is 5.15. The first kappa shape index (κ1) is 15.0. The van der Waals surface area contributed by atoms with E-state index >= 15 is 0 Å². The minimum Gasteiger partial charge on any atom is -0.369 e. The molecule has 0 fully saturated rings. The van der Waals surface area contributed by atoms with Crippen molar-refractivity contribution in [2.45, 2.75) is 53.1 Å². The summed E-state index contributed by atoms with van der Waals surface area (Å²) in [7, 11) is 0. The van der Waals surface area contributed by atoms with E-state index in [4.69, 9.17) is 5.73 Å². The molecule has 1 aromatic rings. The Hall–Kier alpha value is -1.09. The third-order valence-corrected chi connectivity index (χ3v) is 3.57. The van der Waals surface area contributed by atoms with E-state index in [-0.39, 0.29) is 11.9 Å². The Morgan fingerprint density at radius 2 is 1.89 bits per heavy atom. The van der Waals surface area contributed by atoms with E-state index < -0.39 is 0 Å². The second-order valence-electron chi connectivity index (χ2n) is 4.99. The highest BCUT2D eigenvalue weighted by Crippen LogP contribution is 2.30. The number of anilines is 1. The number of hydrogen-bond acceptors (Lipinski definition) is 2. The number of benzene rings is 1. The van der Waals surface area contributed by atoms with Gasteiger partial charge in [0.05, 0.1) is 0 Å². The van der Waals surface area contributed by atoms with Gasteiger partial charge in [-0.15, -0.1) is 0 Å². The fourth-order valence-corrected chi connectivity index (χ4v) is 2.23. The molecule has 1 aromatic carbocycles. The molecule has 0 spiro atoms. The number of aryl methyl sites for hydroxylation is 1. The maximum absolute atomic E-state index is 13.7. The minimum absolute atomic E-state index is 0.159. The number of nitrogens with zero attached hydrogens (tertiary/aromatic N) is 1. The molecule has 0 aliphatic heterocycles. The third kappa shape index (κ3) is 3.02. The molecule has 0 aliphatic rings. The van der Waals surface area contributed by atoms with Crippen LogP contribution in [0.15, 0.2) is 12.1 Å². The summed E-state index contributed by atoms with van der Waals surface area (Å²) >= 11 is 0. The number of rotatable bonds is 5. The lowest BCUT2D eigenvalue weighted by molar-refractivity contribution is 0.602. The van der Waals surface area contributed by atoms with Crippen molar-refractivity contribution in [1.82, 2.24) is 0 Å². The average molecular weight is 252 g/mol. The van der Waals surface area contributed by atoms with Crippen LogP contribution in [0.4, 0.5) is 10.1 Å². The summed E-state index contributed by atoms with van der Waals surface area (Å²) in [6, 6.07) is 3.77. The summed E-state index contributed by atoms with van der Waals surface area (Å²) in [6.45, 7) is 11.1. The maximum Gasteiger partial charge on any atom is 0.126 e. The van der Waals surface area contributed by atoms with Crippen LogP contribution in [0.25, 0.3) is 0 Å². The van der Waals surface area contributed by atoms with E-state index in [9.17, 15) is 4.39 Å². The van der Waals surface area contributed by atoms with Gasteiger partial charge < -0.3 is 10.6 Å². The van der Waals surface area contributed by atoms with Crippen LogP contribution in [-0.2, 0) is 0 Å². The lowest BCUT2D eigenvalue weighted by Crippen LogP contribution is -2.33. The number of hydrogen-bond donors (Lipinski definition) is 1. The Morgan fingerprint density at radius 1 is 1.28 bits per heavy atom. The molecule has 0 aliphatic carbocycles. The molecule has 2 atom stereocenters. The highest BCUT2D eigenvalue weighted by molar-refractivity contribution is 5.57. The fourth-order valence-electron chi connectivity index (χ4n) is 2.23. The minimum atomic E-state index is -0.175. The van der Waals surface area contributed by atoms with Gasteiger partial charge in [0.2, 0.25) is 0 Å². The molecule has 0 amide bonds. The van der Waals surface area contributed by atoms with Gasteiger partial charge in [-0.25, -0.2) is 4.39 Å². The van der Waals surface area contributed by atoms with Gasteiger partial charge in [0, 0.05) is 24.3 Å². The second-order valence-corrected chi connectivity index (χ2v) is 4.99. The molecule has 0 radical (unpaired) electrons. The lowest BCUT2D eigenvalue weighted by atomic mass is 10.0. The molecular formula is C15H25FN2. The first-order valence-electron chi connectivity index (χ1n) is 6.74. The highest BCUT2D eigenvalue weighted by atomic mass is 19.1. The van der Waals surface area contributed by atoms with Gasteiger partial charge in [0.1, 0.15) is 5.82 Å². The van der Waals surface area contributed by atoms with Gasteiger partial charge in [-0.3, -0.25) is 0 Å². The summed E-state index contributed by atoms with van der Waals surface area (Å²) in [5, 5.41) is 0. The normalized spacial score (nSPS) is 14.4. The Labute approximate surface area is 110 Å². The zero-order chi connectivity index (χ0) is 13.9. The SMILES string of the molecule is CCC(C)N(CC)c1cc(C)c(F)cc1[C@@H](C)N. The van der Waals surface area contributed by atoms with E-state index in [0.29, 0.717) is 11.6 Å². The van der Waals surface area contributed by atoms with Crippen molar-refractivity contribution in [1.29, 1.82) is 0 Å². The molecule has 3 heteroatoms. The van der Waals surface area contributed by atoms with Gasteiger partial charge in [0.25, 0.3) is 0 Å². The van der Waals surface area contributed by atoms with Crippen LogP contribution in [-0.4, -0.2) is 12.6 Å². The van der Waals surface area contributed by atoms with Crippen LogP contribution in [0.3, 0.4) is 0 Å². The molecule has 0 heterocycles. The first-order chi connectivity index (χ1) is 8.42. The van der Waals surface area contributed by atoms with Gasteiger partial charge in [-0.2, -0.15) is 0 Å². The predicted molar refractivity (Wildman–Crippen MR) is 76.5 cm³/mol. The van der Waals surface area contributed by atoms with Gasteiger partial charge >= 0.3 is 0 Å². The zero-order valence-electron chi connectivity index (χ0n) is 12.1. The van der Waals surface area contributed by atoms with E-state index in [1.807, 2.05) is 13.0 Å². The summed E-state index contributed by atoms with van der Waals surface area (Å²) in [5.41, 5.74) is 8.61. The molecule has 0 bridgehead atoms. The quantitative estimate of drug-likeness (QED) is 0.864. The van der Waals surface area contributed by atoms with Gasteiger partial charge in [0.15, 0.2) is 0 Å². The summed E-state index contributed by atoms with van der Waals surface area (Å²) in [6.07, 6.45) is 1.06. The van der Waals surface area contributed by atoms with Gasteiger partial charge in [-0.1, -0.05) is 6.92 Å². The fraction of sp³-hybridized carbons (Fsp3) is 0.600. The largest absolute Gasteiger partial charge is 0.369 e. The second kappa shape index (κ2) is 6.19. The highest BCUT2D eigenvalue weighted by Gasteiger charge is 2.18. The molecule has 0 saturated heterocycles. The standard InChI is InChI=1S/C15H25FN2/c1-6-11(4)18(7-2)15-8-10(3)14(16)9-13(15)12(5)17/h8-9,11-12H,6-7,17H2,1-5H3/t11?,12-/m1/s1. The van der Waals surface area contributed by atoms with Crippen LogP contribution in [0.2, 0.25) is 0 Å². The average Bonchev–Trinajstić information content (AvgIpc) is 2.33. The van der Waals surface area contributed by atoms with E-state index in [1.54, 1.807) is 13.0 Å². The van der Waals surface area contributed by atoms with Crippen LogP contribution >= 0.6 is 0 Å². The Morgan fingerprint density at radius 3 is 2.33 bits per heavy atom. The van der Waals surface area contributed by atoms with Crippen molar-refractivity contribution < 1.29 is 4.39 Å². The van der Waals surface area contributed by atoms with Crippen LogP contribution < -0.4 is 10.6 Å². The molecule has 18 heavy (non-hydrogen) atoms. The van der Waals surface area contributed by atoms with Crippen molar-refractivity contribution in [2.75, 3.05) is 11.4 Å². The van der Waals surface area contributed by atoms with Crippen LogP contribution in [0.5, 0.6) is 0 Å². The molecule has 102 valence electrons. The molecule has 2 nitrogen and oxygen atoms in total. The van der Waals surface area contributed by atoms with E-state index in [2.05, 4.69) is 25.7 Å². The van der Waals surface area contributed by atoms with Crippen molar-refractivity contribution in [3.63, 3.8) is 0 Å². The van der Waals surface area contributed by atoms with Crippen molar-refractivity contribution in [2.24, 2.45) is 5.73 Å². The molecule has 1 unspecified atom stereocenters. The molecule has 0 saturated carbocycles. The lowest BCUT2D eigenvalue weighted by Gasteiger charge is -2.32. The van der Waals surface area contributed by atoms with Crippen molar-refractivity contribution >= 4 is 5.69 Å². The third-order valence-electron chi connectivity index (χ3n) is 3.57. The summed E-state index contributed by atoms with van der Waals surface area (Å²) < 4.78 is 13.7. The van der Waals surface area contributed by atoms with Crippen molar-refractivity contribution in [3.8, 4) is 0 Å². The monoisotopic (exact) mass is 252 g/mol. The molecule has 0 aromatic heterocycles. The molecular weight excluding hydrogens is 227 g/mol. The Bertz CT molecular complexity index is 402.